The number of rotatable bonds is 1. The first-order chi connectivity index (χ1) is 3.85. The van der Waals surface area contributed by atoms with Crippen molar-refractivity contribution < 1.29 is 4.79 Å². The van der Waals surface area contributed by atoms with Gasteiger partial charge in [-0.2, -0.15) is 0 Å². The molecule has 0 aromatic carbocycles. The summed E-state index contributed by atoms with van der Waals surface area (Å²) in [5.74, 6) is 0.0278. The van der Waals surface area contributed by atoms with E-state index in [1.165, 1.54) is 0 Å². The fourth-order valence-electron chi connectivity index (χ4n) is 0.180. The molecule has 0 aliphatic rings. The van der Waals surface area contributed by atoms with Crippen LogP contribution in [0.4, 0.5) is 0 Å². The van der Waals surface area contributed by atoms with Gasteiger partial charge in [-0.1, -0.05) is 0 Å². The number of carbonyl (C=O) groups is 1. The Bertz CT molecular complexity index is 175. The minimum Gasteiger partial charge on any atom is -0.298 e. The normalized spacial score (nSPS) is 5.75. The molecule has 0 saturated heterocycles. The first kappa shape index (κ1) is 6.39. The van der Waals surface area contributed by atoms with E-state index in [0.29, 0.717) is 6.29 Å². The van der Waals surface area contributed by atoms with Crippen LogP contribution in [0.1, 0.15) is 0 Å². The summed E-state index contributed by atoms with van der Waals surface area (Å²) in [4.78, 5) is 15.7. The fourth-order valence-corrected chi connectivity index (χ4v) is 0.180. The second-order valence-electron chi connectivity index (χ2n) is 0.919. The van der Waals surface area contributed by atoms with E-state index in [4.69, 9.17) is 13.1 Å². The average molecular weight is 108 g/mol. The van der Waals surface area contributed by atoms with Crippen molar-refractivity contribution in [2.75, 3.05) is 0 Å². The minimum atomic E-state index is 0.0278. The van der Waals surface area contributed by atoms with Crippen molar-refractivity contribution in [3.63, 3.8) is 0 Å². The number of hydrogen-bond donors (Lipinski definition) is 0. The van der Waals surface area contributed by atoms with E-state index in [1.54, 1.807) is 0 Å². The lowest BCUT2D eigenvalue weighted by Gasteiger charge is -1.46. The third kappa shape index (κ3) is 1.74. The molecule has 0 aromatic heterocycles. The maximum Gasteiger partial charge on any atom is 0.691 e. The highest BCUT2D eigenvalue weighted by Gasteiger charge is 2.12. The number of hydrogen-bond acceptors (Lipinski definition) is 1. The Kier molecular flexibility index (Phi) is 2.86. The Labute approximate surface area is 46.9 Å². The maximum absolute atomic E-state index is 9.63. The SMILES string of the molecule is C#[N+]C(=CC=O)[N+]#C. The zero-order valence-electron chi connectivity index (χ0n) is 4.11. The van der Waals surface area contributed by atoms with Crippen molar-refractivity contribution in [2.45, 2.75) is 0 Å². The Morgan fingerprint density at radius 1 is 1.38 bits per heavy atom. The third-order valence-corrected chi connectivity index (χ3v) is 0.482. The number of aldehydes is 1. The van der Waals surface area contributed by atoms with Crippen LogP contribution in [-0.2, 0) is 4.79 Å². The molecule has 0 aromatic rings. The van der Waals surface area contributed by atoms with Crippen LogP contribution in [-0.4, -0.2) is 6.29 Å². The van der Waals surface area contributed by atoms with E-state index in [1.807, 2.05) is 0 Å². The molecule has 0 bridgehead atoms. The quantitative estimate of drug-likeness (QED) is 0.362. The highest BCUT2D eigenvalue weighted by Crippen LogP contribution is 1.93. The Hall–Kier alpha value is -1.61. The molecule has 38 valence electrons. The number of nitrogens with zero attached hydrogens (tertiary/aromatic N) is 2. The molecule has 0 amide bonds. The van der Waals surface area contributed by atoms with Crippen LogP contribution in [0.2, 0.25) is 0 Å². The molecule has 0 spiro atoms. The van der Waals surface area contributed by atoms with Crippen LogP contribution in [0, 0.1) is 13.1 Å². The molecule has 0 aliphatic heterocycles. The molecule has 0 rings (SSSR count). The molecule has 0 heterocycles. The Morgan fingerprint density at radius 2 is 1.88 bits per heavy atom. The van der Waals surface area contributed by atoms with Crippen LogP contribution in [0.3, 0.4) is 0 Å². The average Bonchev–Trinajstić information content (AvgIpc) is 1.83. The summed E-state index contributed by atoms with van der Waals surface area (Å²) in [6.45, 7) is 9.39. The molecular weight excluding hydrogens is 104 g/mol. The van der Waals surface area contributed by atoms with Crippen molar-refractivity contribution in [3.05, 3.63) is 21.6 Å². The van der Waals surface area contributed by atoms with E-state index in [9.17, 15) is 4.79 Å². The second kappa shape index (κ2) is 3.58. The molecule has 3 nitrogen and oxygen atoms in total. The summed E-state index contributed by atoms with van der Waals surface area (Å²) in [7, 11) is 0. The zero-order valence-corrected chi connectivity index (χ0v) is 4.11. The predicted molar refractivity (Wildman–Crippen MR) is 30.8 cm³/mol. The van der Waals surface area contributed by atoms with Crippen molar-refractivity contribution in [2.24, 2.45) is 0 Å². The molecule has 3 heteroatoms. The van der Waals surface area contributed by atoms with Gasteiger partial charge in [-0.05, 0) is 0 Å². The predicted octanol–water partition coefficient (Wildman–Crippen LogP) is 0.952. The Morgan fingerprint density at radius 3 is 2.00 bits per heavy atom. The first-order valence-electron chi connectivity index (χ1n) is 1.82. The topological polar surface area (TPSA) is 25.8 Å². The first-order valence-corrected chi connectivity index (χ1v) is 1.82. The largest absolute Gasteiger partial charge is 0.691 e. The highest BCUT2D eigenvalue weighted by molar-refractivity contribution is 5.67. The minimum absolute atomic E-state index is 0.0278. The molecular formula is C5H4N2O+2. The number of allylic oxidation sites excluding steroid dienone is 1. The lowest BCUT2D eigenvalue weighted by molar-refractivity contribution is -0.104. The highest BCUT2D eigenvalue weighted by atomic mass is 16.1. The van der Waals surface area contributed by atoms with Crippen LogP contribution in [0.5, 0.6) is 0 Å². The summed E-state index contributed by atoms with van der Waals surface area (Å²) in [6.07, 6.45) is 1.56. The summed E-state index contributed by atoms with van der Waals surface area (Å²) in [6, 6.07) is 0. The van der Waals surface area contributed by atoms with Crippen LogP contribution < -0.4 is 0 Å². The van der Waals surface area contributed by atoms with Gasteiger partial charge in [0.05, 0.1) is 9.69 Å². The molecule has 0 atom stereocenters. The molecule has 0 aliphatic carbocycles. The lowest BCUT2D eigenvalue weighted by atomic mass is 10.6. The Balaban J connectivity index is 4.20. The summed E-state index contributed by atoms with van der Waals surface area (Å²) in [5.41, 5.74) is 0. The maximum atomic E-state index is 9.63. The molecule has 8 heavy (non-hydrogen) atoms. The molecule has 0 fully saturated rings. The van der Waals surface area contributed by atoms with Crippen LogP contribution in [0.15, 0.2) is 11.9 Å². The summed E-state index contributed by atoms with van der Waals surface area (Å²) < 4.78 is 0. The molecule has 0 saturated carbocycles. The van der Waals surface area contributed by atoms with Crippen molar-refractivity contribution in [3.8, 4) is 13.1 Å². The summed E-state index contributed by atoms with van der Waals surface area (Å²) in [5, 5.41) is 0. The van der Waals surface area contributed by atoms with E-state index in [-0.39, 0.29) is 5.82 Å². The van der Waals surface area contributed by atoms with Gasteiger partial charge in [0.15, 0.2) is 12.4 Å². The molecule has 0 unspecified atom stereocenters. The zero-order chi connectivity index (χ0) is 6.41. The summed E-state index contributed by atoms with van der Waals surface area (Å²) >= 11 is 0. The van der Waals surface area contributed by atoms with Gasteiger partial charge in [0.2, 0.25) is 0 Å². The van der Waals surface area contributed by atoms with Gasteiger partial charge in [-0.25, -0.2) is 0 Å². The van der Waals surface area contributed by atoms with E-state index >= 15 is 0 Å². The second-order valence-corrected chi connectivity index (χ2v) is 0.919. The molecule has 0 N–H and O–H groups in total. The van der Waals surface area contributed by atoms with Crippen molar-refractivity contribution in [1.82, 2.24) is 0 Å². The van der Waals surface area contributed by atoms with Crippen molar-refractivity contribution >= 4 is 6.29 Å². The van der Waals surface area contributed by atoms with Gasteiger partial charge in [-0.3, -0.25) is 4.79 Å². The van der Waals surface area contributed by atoms with Crippen LogP contribution in [0.25, 0.3) is 9.69 Å². The van der Waals surface area contributed by atoms with Crippen LogP contribution >= 0.6 is 0 Å². The van der Waals surface area contributed by atoms with Gasteiger partial charge in [0, 0.05) is 0 Å². The third-order valence-electron chi connectivity index (χ3n) is 0.482. The fraction of sp³-hybridized carbons (Fsp3) is 0. The van der Waals surface area contributed by atoms with Crippen molar-refractivity contribution in [1.29, 1.82) is 0 Å². The van der Waals surface area contributed by atoms with E-state index < -0.39 is 0 Å². The molecule has 0 radical (unpaired) electrons. The standard InChI is InChI=1S/C5H4N2O/c1-6-5(7-2)3-4-8/h1-4H/q+2. The van der Waals surface area contributed by atoms with Gasteiger partial charge < -0.3 is 0 Å². The monoisotopic (exact) mass is 108 g/mol. The van der Waals surface area contributed by atoms with E-state index in [2.05, 4.69) is 9.69 Å². The number of carbonyl (C=O) groups excluding carboxylic acids is 1. The lowest BCUT2D eigenvalue weighted by Crippen LogP contribution is -1.63. The van der Waals surface area contributed by atoms with Gasteiger partial charge in [-0.15, -0.1) is 0 Å². The van der Waals surface area contributed by atoms with Gasteiger partial charge in [0.25, 0.3) is 13.1 Å². The smallest absolute Gasteiger partial charge is 0.298 e. The van der Waals surface area contributed by atoms with Gasteiger partial charge in [0.1, 0.15) is 0 Å². The van der Waals surface area contributed by atoms with E-state index in [0.717, 1.165) is 6.08 Å². The van der Waals surface area contributed by atoms with Gasteiger partial charge >= 0.3 is 5.82 Å².